The lowest BCUT2D eigenvalue weighted by atomic mass is 10.1. The standard InChI is InChI=1S/C19H20N4OS/c1-12-11-23(8-9-24-12)18-16-14-5-2-6-15(14)25-19(16)22-17(21-18)13-4-3-7-20-10-13/h3-4,7,10,12H,2,5-6,8-9,11H2,1H3. The zero-order chi connectivity index (χ0) is 16.8. The Bertz CT molecular complexity index is 924. The number of fused-ring (bicyclic) bond motifs is 3. The average molecular weight is 352 g/mol. The first-order chi connectivity index (χ1) is 12.3. The molecule has 1 unspecified atom stereocenters. The van der Waals surface area contributed by atoms with Crippen LogP contribution in [-0.2, 0) is 17.6 Å². The summed E-state index contributed by atoms with van der Waals surface area (Å²) in [6, 6.07) is 3.97. The molecule has 5 nitrogen and oxygen atoms in total. The summed E-state index contributed by atoms with van der Waals surface area (Å²) in [7, 11) is 0. The first-order valence-electron chi connectivity index (χ1n) is 8.89. The highest BCUT2D eigenvalue weighted by molar-refractivity contribution is 7.19. The van der Waals surface area contributed by atoms with Crippen LogP contribution in [0, 0.1) is 0 Å². The molecule has 0 spiro atoms. The van der Waals surface area contributed by atoms with Crippen molar-refractivity contribution in [3.63, 3.8) is 0 Å². The minimum atomic E-state index is 0.229. The maximum absolute atomic E-state index is 5.74. The molecule has 1 fully saturated rings. The summed E-state index contributed by atoms with van der Waals surface area (Å²) < 4.78 is 5.74. The molecule has 25 heavy (non-hydrogen) atoms. The van der Waals surface area contributed by atoms with Crippen molar-refractivity contribution in [2.24, 2.45) is 0 Å². The van der Waals surface area contributed by atoms with Gasteiger partial charge in [-0.15, -0.1) is 11.3 Å². The van der Waals surface area contributed by atoms with Gasteiger partial charge in [-0.2, -0.15) is 0 Å². The molecular formula is C19H20N4OS. The average Bonchev–Trinajstić information content (AvgIpc) is 3.22. The Hall–Kier alpha value is -2.05. The molecule has 1 aliphatic carbocycles. The number of anilines is 1. The number of thiophene rings is 1. The number of nitrogens with zero attached hydrogens (tertiary/aromatic N) is 4. The van der Waals surface area contributed by atoms with E-state index in [1.165, 1.54) is 28.7 Å². The summed E-state index contributed by atoms with van der Waals surface area (Å²) in [5.41, 5.74) is 2.45. The molecule has 1 atom stereocenters. The molecule has 5 rings (SSSR count). The Morgan fingerprint density at radius 1 is 1.28 bits per heavy atom. The third-order valence-corrected chi connectivity index (χ3v) is 6.19. The second-order valence-electron chi connectivity index (χ2n) is 6.78. The van der Waals surface area contributed by atoms with Crippen LogP contribution in [0.1, 0.15) is 23.8 Å². The zero-order valence-corrected chi connectivity index (χ0v) is 15.1. The Labute approximate surface area is 150 Å². The lowest BCUT2D eigenvalue weighted by Gasteiger charge is -2.32. The van der Waals surface area contributed by atoms with Gasteiger partial charge in [-0.1, -0.05) is 0 Å². The van der Waals surface area contributed by atoms with E-state index < -0.39 is 0 Å². The summed E-state index contributed by atoms with van der Waals surface area (Å²) in [6.07, 6.45) is 7.43. The van der Waals surface area contributed by atoms with E-state index in [4.69, 9.17) is 14.7 Å². The molecule has 4 heterocycles. The molecule has 3 aromatic heterocycles. The van der Waals surface area contributed by atoms with Gasteiger partial charge in [0.15, 0.2) is 5.82 Å². The van der Waals surface area contributed by atoms with Crippen molar-refractivity contribution in [1.29, 1.82) is 0 Å². The third kappa shape index (κ3) is 2.60. The molecule has 6 heteroatoms. The molecule has 2 aliphatic rings. The summed E-state index contributed by atoms with van der Waals surface area (Å²) in [5.74, 6) is 1.85. The normalized spacial score (nSPS) is 20.2. The van der Waals surface area contributed by atoms with E-state index in [1.807, 2.05) is 29.7 Å². The number of hydrogen-bond donors (Lipinski definition) is 0. The van der Waals surface area contributed by atoms with E-state index in [1.54, 1.807) is 6.20 Å². The Kier molecular flexibility index (Phi) is 3.68. The van der Waals surface area contributed by atoms with Crippen molar-refractivity contribution in [2.45, 2.75) is 32.3 Å². The third-order valence-electron chi connectivity index (χ3n) is 5.01. The van der Waals surface area contributed by atoms with Crippen molar-refractivity contribution in [2.75, 3.05) is 24.6 Å². The lowest BCUT2D eigenvalue weighted by molar-refractivity contribution is 0.0530. The van der Waals surface area contributed by atoms with Gasteiger partial charge in [0.05, 0.1) is 18.1 Å². The number of pyridine rings is 1. The number of aromatic nitrogens is 3. The Morgan fingerprint density at radius 3 is 3.08 bits per heavy atom. The second kappa shape index (κ2) is 6.04. The van der Waals surface area contributed by atoms with Crippen LogP contribution in [0.2, 0.25) is 0 Å². The maximum atomic E-state index is 5.74. The molecule has 0 radical (unpaired) electrons. The first-order valence-corrected chi connectivity index (χ1v) is 9.70. The minimum Gasteiger partial charge on any atom is -0.375 e. The molecule has 0 amide bonds. The van der Waals surface area contributed by atoms with Gasteiger partial charge >= 0.3 is 0 Å². The van der Waals surface area contributed by atoms with E-state index in [0.717, 1.165) is 48.2 Å². The molecule has 1 aliphatic heterocycles. The van der Waals surface area contributed by atoms with E-state index in [-0.39, 0.29) is 6.10 Å². The molecule has 0 aromatic carbocycles. The van der Waals surface area contributed by atoms with Crippen molar-refractivity contribution >= 4 is 27.4 Å². The number of morpholine rings is 1. The van der Waals surface area contributed by atoms with Crippen LogP contribution in [-0.4, -0.2) is 40.8 Å². The van der Waals surface area contributed by atoms with Crippen LogP contribution >= 0.6 is 11.3 Å². The van der Waals surface area contributed by atoms with Crippen LogP contribution in [0.5, 0.6) is 0 Å². The lowest BCUT2D eigenvalue weighted by Crippen LogP contribution is -2.41. The van der Waals surface area contributed by atoms with Crippen molar-refractivity contribution in [3.8, 4) is 11.4 Å². The van der Waals surface area contributed by atoms with Gasteiger partial charge in [-0.05, 0) is 43.9 Å². The van der Waals surface area contributed by atoms with Gasteiger partial charge in [-0.25, -0.2) is 9.97 Å². The predicted molar refractivity (Wildman–Crippen MR) is 100 cm³/mol. The van der Waals surface area contributed by atoms with Gasteiger partial charge in [-0.3, -0.25) is 4.98 Å². The van der Waals surface area contributed by atoms with Crippen LogP contribution in [0.25, 0.3) is 21.6 Å². The monoisotopic (exact) mass is 352 g/mol. The smallest absolute Gasteiger partial charge is 0.164 e. The largest absolute Gasteiger partial charge is 0.375 e. The van der Waals surface area contributed by atoms with Gasteiger partial charge in [0.25, 0.3) is 0 Å². The van der Waals surface area contributed by atoms with Crippen LogP contribution in [0.3, 0.4) is 0 Å². The number of aryl methyl sites for hydroxylation is 2. The molecule has 128 valence electrons. The quantitative estimate of drug-likeness (QED) is 0.707. The summed E-state index contributed by atoms with van der Waals surface area (Å²) in [4.78, 5) is 19.1. The fraction of sp³-hybridized carbons (Fsp3) is 0.421. The topological polar surface area (TPSA) is 51.1 Å². The van der Waals surface area contributed by atoms with Crippen LogP contribution < -0.4 is 4.90 Å². The Balaban J connectivity index is 1.72. The predicted octanol–water partition coefficient (Wildman–Crippen LogP) is 3.47. The number of hydrogen-bond acceptors (Lipinski definition) is 6. The highest BCUT2D eigenvalue weighted by Crippen LogP contribution is 2.41. The SMILES string of the molecule is CC1CN(c2nc(-c3cccnc3)nc3sc4c(c23)CCC4)CCO1. The van der Waals surface area contributed by atoms with Crippen LogP contribution in [0.4, 0.5) is 5.82 Å². The zero-order valence-electron chi connectivity index (χ0n) is 14.2. The van der Waals surface area contributed by atoms with E-state index >= 15 is 0 Å². The van der Waals surface area contributed by atoms with Crippen LogP contribution in [0.15, 0.2) is 24.5 Å². The Morgan fingerprint density at radius 2 is 2.24 bits per heavy atom. The van der Waals surface area contributed by atoms with E-state index in [2.05, 4.69) is 16.8 Å². The summed E-state index contributed by atoms with van der Waals surface area (Å²) in [6.45, 7) is 4.64. The fourth-order valence-corrected chi connectivity index (χ4v) is 5.10. The minimum absolute atomic E-state index is 0.229. The second-order valence-corrected chi connectivity index (χ2v) is 7.86. The first kappa shape index (κ1) is 15.2. The molecular weight excluding hydrogens is 332 g/mol. The van der Waals surface area contributed by atoms with Gasteiger partial charge in [0.2, 0.25) is 0 Å². The highest BCUT2D eigenvalue weighted by atomic mass is 32.1. The highest BCUT2D eigenvalue weighted by Gasteiger charge is 2.27. The van der Waals surface area contributed by atoms with Gasteiger partial charge in [0.1, 0.15) is 10.6 Å². The summed E-state index contributed by atoms with van der Waals surface area (Å²) in [5, 5.41) is 1.28. The van der Waals surface area contributed by atoms with Crippen molar-refractivity contribution in [3.05, 3.63) is 35.0 Å². The van der Waals surface area contributed by atoms with Gasteiger partial charge < -0.3 is 9.64 Å². The van der Waals surface area contributed by atoms with Gasteiger partial charge in [0, 0.05) is 35.9 Å². The fourth-order valence-electron chi connectivity index (χ4n) is 3.84. The van der Waals surface area contributed by atoms with Crippen molar-refractivity contribution in [1.82, 2.24) is 15.0 Å². The number of ether oxygens (including phenoxy) is 1. The molecule has 0 N–H and O–H groups in total. The van der Waals surface area contributed by atoms with E-state index in [9.17, 15) is 0 Å². The molecule has 3 aromatic rings. The van der Waals surface area contributed by atoms with Crippen molar-refractivity contribution < 1.29 is 4.74 Å². The van der Waals surface area contributed by atoms with E-state index in [0.29, 0.717) is 0 Å². The molecule has 1 saturated heterocycles. The summed E-state index contributed by atoms with van der Waals surface area (Å²) >= 11 is 1.84. The number of rotatable bonds is 2. The molecule has 0 bridgehead atoms. The molecule has 0 saturated carbocycles. The maximum Gasteiger partial charge on any atom is 0.164 e.